The highest BCUT2D eigenvalue weighted by Gasteiger charge is 2.52. The van der Waals surface area contributed by atoms with Crippen molar-refractivity contribution in [1.82, 2.24) is 20.3 Å². The smallest absolute Gasteiger partial charge is 0.323 e. The quantitative estimate of drug-likeness (QED) is 0.765. The zero-order valence-electron chi connectivity index (χ0n) is 10.9. The fourth-order valence-electron chi connectivity index (χ4n) is 2.94. The fourth-order valence-corrected chi connectivity index (χ4v) is 2.94. The Balaban J connectivity index is 1.92. The molecule has 2 fully saturated rings. The van der Waals surface area contributed by atoms with Gasteiger partial charge >= 0.3 is 6.03 Å². The van der Waals surface area contributed by atoms with Gasteiger partial charge in [0.15, 0.2) is 5.82 Å². The van der Waals surface area contributed by atoms with Crippen LogP contribution in [0, 0.1) is 0 Å². The van der Waals surface area contributed by atoms with E-state index in [-0.39, 0.29) is 11.9 Å². The van der Waals surface area contributed by atoms with Crippen LogP contribution in [0.4, 0.5) is 10.6 Å². The first-order chi connectivity index (χ1) is 9.12. The molecule has 102 valence electrons. The number of amides is 3. The summed E-state index contributed by atoms with van der Waals surface area (Å²) in [6.07, 6.45) is 7.20. The van der Waals surface area contributed by atoms with Gasteiger partial charge in [-0.1, -0.05) is 30.9 Å². The van der Waals surface area contributed by atoms with Crippen LogP contribution in [0.2, 0.25) is 0 Å². The lowest BCUT2D eigenvalue weighted by molar-refractivity contribution is -0.122. The number of rotatable bonds is 1. The molecule has 3 rings (SSSR count). The normalized spacial score (nSPS) is 22.7. The number of nitrogens with one attached hydrogen (secondary N) is 1. The lowest BCUT2D eigenvalue weighted by Crippen LogP contribution is -2.46. The molecule has 7 nitrogen and oxygen atoms in total. The van der Waals surface area contributed by atoms with Gasteiger partial charge in [0.05, 0.1) is 6.20 Å². The minimum Gasteiger partial charge on any atom is -0.323 e. The van der Waals surface area contributed by atoms with Crippen LogP contribution in [-0.2, 0) is 11.8 Å². The highest BCUT2D eigenvalue weighted by Crippen LogP contribution is 2.34. The van der Waals surface area contributed by atoms with E-state index < -0.39 is 5.54 Å². The molecule has 1 aliphatic heterocycles. The summed E-state index contributed by atoms with van der Waals surface area (Å²) >= 11 is 0. The van der Waals surface area contributed by atoms with Gasteiger partial charge in [0.1, 0.15) is 5.54 Å². The van der Waals surface area contributed by atoms with Crippen LogP contribution in [0.15, 0.2) is 6.20 Å². The number of carbonyl (C=O) groups excluding carboxylic acids is 2. The zero-order chi connectivity index (χ0) is 13.5. The number of aromatic nitrogens is 3. The van der Waals surface area contributed by atoms with E-state index >= 15 is 0 Å². The molecule has 0 atom stereocenters. The number of nitrogens with zero attached hydrogens (tertiary/aromatic N) is 4. The fraction of sp³-hybridized carbons (Fsp3) is 0.667. The molecule has 1 spiro atoms. The van der Waals surface area contributed by atoms with Crippen LogP contribution in [-0.4, -0.2) is 32.5 Å². The third-order valence-corrected chi connectivity index (χ3v) is 3.94. The molecule has 1 aromatic heterocycles. The largest absolute Gasteiger partial charge is 0.331 e. The SMILES string of the molecule is Cn1cc(N2C(=O)NC3(CCCCCC3)C2=O)nn1. The highest BCUT2D eigenvalue weighted by molar-refractivity contribution is 6.22. The monoisotopic (exact) mass is 263 g/mol. The summed E-state index contributed by atoms with van der Waals surface area (Å²) in [7, 11) is 1.70. The summed E-state index contributed by atoms with van der Waals surface area (Å²) in [5.74, 6) is 0.117. The molecule has 0 radical (unpaired) electrons. The first-order valence-electron chi connectivity index (χ1n) is 6.65. The van der Waals surface area contributed by atoms with Gasteiger partial charge in [-0.15, -0.1) is 5.10 Å². The summed E-state index contributed by atoms with van der Waals surface area (Å²) < 4.78 is 1.48. The second-order valence-electron chi connectivity index (χ2n) is 5.32. The number of anilines is 1. The Hall–Kier alpha value is -1.92. The molecule has 2 aliphatic rings. The first kappa shape index (κ1) is 12.1. The van der Waals surface area contributed by atoms with E-state index in [9.17, 15) is 9.59 Å². The summed E-state index contributed by atoms with van der Waals surface area (Å²) in [4.78, 5) is 25.8. The Kier molecular flexibility index (Phi) is 2.76. The van der Waals surface area contributed by atoms with Crippen LogP contribution in [0.3, 0.4) is 0 Å². The molecule has 0 bridgehead atoms. The van der Waals surface area contributed by atoms with E-state index in [1.807, 2.05) is 0 Å². The van der Waals surface area contributed by atoms with Crippen molar-refractivity contribution in [3.8, 4) is 0 Å². The molecular weight excluding hydrogens is 246 g/mol. The van der Waals surface area contributed by atoms with Crippen molar-refractivity contribution in [3.05, 3.63) is 6.20 Å². The molecule has 1 saturated heterocycles. The predicted octanol–water partition coefficient (Wildman–Crippen LogP) is 0.964. The van der Waals surface area contributed by atoms with Gasteiger partial charge in [0.2, 0.25) is 0 Å². The Morgan fingerprint density at radius 1 is 1.21 bits per heavy atom. The topological polar surface area (TPSA) is 80.1 Å². The summed E-state index contributed by atoms with van der Waals surface area (Å²) in [5.41, 5.74) is -0.717. The molecule has 0 unspecified atom stereocenters. The number of aryl methyl sites for hydroxylation is 1. The Morgan fingerprint density at radius 2 is 1.89 bits per heavy atom. The summed E-state index contributed by atoms with van der Waals surface area (Å²) in [6.45, 7) is 0. The van der Waals surface area contributed by atoms with Crippen LogP contribution in [0.25, 0.3) is 0 Å². The van der Waals surface area contributed by atoms with Crippen LogP contribution in [0.5, 0.6) is 0 Å². The number of hydrogen-bond acceptors (Lipinski definition) is 4. The van der Waals surface area contributed by atoms with E-state index in [2.05, 4.69) is 15.6 Å². The van der Waals surface area contributed by atoms with Crippen molar-refractivity contribution in [3.63, 3.8) is 0 Å². The third kappa shape index (κ3) is 1.89. The molecule has 1 saturated carbocycles. The minimum absolute atomic E-state index is 0.181. The van der Waals surface area contributed by atoms with Crippen molar-refractivity contribution in [2.75, 3.05) is 4.90 Å². The summed E-state index contributed by atoms with van der Waals surface area (Å²) in [5, 5.41) is 10.5. The van der Waals surface area contributed by atoms with E-state index in [1.165, 1.54) is 4.68 Å². The molecule has 3 amide bonds. The molecule has 1 N–H and O–H groups in total. The third-order valence-electron chi connectivity index (χ3n) is 3.94. The lowest BCUT2D eigenvalue weighted by atomic mass is 9.90. The van der Waals surface area contributed by atoms with Crippen molar-refractivity contribution in [2.45, 2.75) is 44.1 Å². The van der Waals surface area contributed by atoms with Crippen LogP contribution in [0.1, 0.15) is 38.5 Å². The highest BCUT2D eigenvalue weighted by atomic mass is 16.2. The number of carbonyl (C=O) groups is 2. The van der Waals surface area contributed by atoms with Gasteiger partial charge in [-0.05, 0) is 12.8 Å². The Labute approximate surface area is 110 Å². The standard InChI is InChI=1S/C12H17N5O2/c1-16-8-9(14-15-16)17-10(18)12(13-11(17)19)6-4-2-3-5-7-12/h8H,2-7H2,1H3,(H,13,19). The number of urea groups is 1. The molecule has 1 aliphatic carbocycles. The zero-order valence-corrected chi connectivity index (χ0v) is 10.9. The second kappa shape index (κ2) is 4.32. The van der Waals surface area contributed by atoms with Gasteiger partial charge in [-0.25, -0.2) is 9.69 Å². The van der Waals surface area contributed by atoms with Crippen molar-refractivity contribution >= 4 is 17.8 Å². The molecule has 7 heteroatoms. The average Bonchev–Trinajstić information content (AvgIpc) is 2.77. The van der Waals surface area contributed by atoms with E-state index in [4.69, 9.17) is 0 Å². The second-order valence-corrected chi connectivity index (χ2v) is 5.32. The lowest BCUT2D eigenvalue weighted by Gasteiger charge is -2.24. The molecule has 19 heavy (non-hydrogen) atoms. The van der Waals surface area contributed by atoms with Gasteiger partial charge in [-0.2, -0.15) is 0 Å². The van der Waals surface area contributed by atoms with Gasteiger partial charge in [0, 0.05) is 7.05 Å². The van der Waals surface area contributed by atoms with Gasteiger partial charge in [0.25, 0.3) is 5.91 Å². The molecule has 0 aromatic carbocycles. The maximum absolute atomic E-state index is 12.6. The first-order valence-corrected chi connectivity index (χ1v) is 6.65. The maximum atomic E-state index is 12.6. The van der Waals surface area contributed by atoms with Crippen molar-refractivity contribution in [2.24, 2.45) is 7.05 Å². The van der Waals surface area contributed by atoms with Crippen LogP contribution < -0.4 is 10.2 Å². The van der Waals surface area contributed by atoms with Crippen molar-refractivity contribution < 1.29 is 9.59 Å². The number of hydrogen-bond donors (Lipinski definition) is 1. The Bertz CT molecular complexity index is 516. The van der Waals surface area contributed by atoms with Crippen LogP contribution >= 0.6 is 0 Å². The van der Waals surface area contributed by atoms with E-state index in [0.29, 0.717) is 18.7 Å². The minimum atomic E-state index is -0.717. The molecular formula is C12H17N5O2. The predicted molar refractivity (Wildman–Crippen MR) is 67.5 cm³/mol. The van der Waals surface area contributed by atoms with E-state index in [1.54, 1.807) is 13.2 Å². The van der Waals surface area contributed by atoms with Gasteiger partial charge < -0.3 is 5.32 Å². The summed E-state index contributed by atoms with van der Waals surface area (Å²) in [6, 6.07) is -0.382. The molecule has 2 heterocycles. The van der Waals surface area contributed by atoms with E-state index in [0.717, 1.165) is 30.6 Å². The maximum Gasteiger partial charge on any atom is 0.331 e. The Morgan fingerprint density at radius 3 is 2.47 bits per heavy atom. The number of imide groups is 1. The van der Waals surface area contributed by atoms with Crippen molar-refractivity contribution in [1.29, 1.82) is 0 Å². The molecule has 1 aromatic rings. The van der Waals surface area contributed by atoms with Gasteiger partial charge in [-0.3, -0.25) is 9.48 Å². The average molecular weight is 263 g/mol.